The molecule has 16 heavy (non-hydrogen) atoms. The van der Waals surface area contributed by atoms with Gasteiger partial charge in [-0.1, -0.05) is 0 Å². The molecule has 0 fully saturated rings. The lowest BCUT2D eigenvalue weighted by molar-refractivity contribution is 0.546. The molecule has 0 saturated carbocycles. The Bertz CT molecular complexity index is 502. The van der Waals surface area contributed by atoms with E-state index in [0.29, 0.717) is 6.42 Å². The van der Waals surface area contributed by atoms with Crippen LogP contribution in [-0.4, -0.2) is 20.4 Å². The highest BCUT2D eigenvalue weighted by atomic mass is 32.2. The number of rotatable bonds is 2. The number of hydrogen-bond acceptors (Lipinski definition) is 3. The maximum Gasteiger partial charge on any atom is 0.209 e. The summed E-state index contributed by atoms with van der Waals surface area (Å²) in [7, 11) is -3.26. The van der Waals surface area contributed by atoms with E-state index in [1.165, 1.54) is 12.1 Å². The molecular formula is C10H12FNO2S2. The third kappa shape index (κ3) is 2.75. The topological polar surface area (TPSA) is 46.2 Å². The van der Waals surface area contributed by atoms with Crippen LogP contribution in [0.1, 0.15) is 18.0 Å². The first kappa shape index (κ1) is 11.9. The fraction of sp³-hybridized carbons (Fsp3) is 0.400. The molecule has 1 heterocycles. The minimum atomic E-state index is -3.26. The van der Waals surface area contributed by atoms with Crippen LogP contribution in [0.3, 0.4) is 0 Å². The summed E-state index contributed by atoms with van der Waals surface area (Å²) < 4.78 is 38.0. The Morgan fingerprint density at radius 1 is 1.50 bits per heavy atom. The second kappa shape index (κ2) is 4.35. The van der Waals surface area contributed by atoms with Gasteiger partial charge in [-0.3, -0.25) is 0 Å². The van der Waals surface area contributed by atoms with E-state index in [9.17, 15) is 12.8 Å². The van der Waals surface area contributed by atoms with Gasteiger partial charge in [0, 0.05) is 10.9 Å². The normalized spacial score (nSPS) is 20.5. The van der Waals surface area contributed by atoms with Crippen LogP contribution in [-0.2, 0) is 10.0 Å². The first-order valence-electron chi connectivity index (χ1n) is 4.85. The van der Waals surface area contributed by atoms with Crippen LogP contribution in [0.2, 0.25) is 0 Å². The van der Waals surface area contributed by atoms with Crippen molar-refractivity contribution in [3.63, 3.8) is 0 Å². The molecule has 1 atom stereocenters. The van der Waals surface area contributed by atoms with E-state index in [-0.39, 0.29) is 11.9 Å². The van der Waals surface area contributed by atoms with E-state index in [4.69, 9.17) is 0 Å². The van der Waals surface area contributed by atoms with E-state index in [1.54, 1.807) is 17.8 Å². The minimum absolute atomic E-state index is 0.304. The van der Waals surface area contributed by atoms with Gasteiger partial charge in [0.25, 0.3) is 0 Å². The van der Waals surface area contributed by atoms with Crippen LogP contribution in [0.25, 0.3) is 0 Å². The van der Waals surface area contributed by atoms with Crippen molar-refractivity contribution in [2.75, 3.05) is 12.0 Å². The SMILES string of the molecule is CS(=O)(=O)NC1CCSc2ccc(F)cc21. The summed E-state index contributed by atoms with van der Waals surface area (Å²) in [6.07, 6.45) is 1.81. The predicted octanol–water partition coefficient (Wildman–Crippen LogP) is 1.91. The summed E-state index contributed by atoms with van der Waals surface area (Å²) in [5.74, 6) is 0.507. The Kier molecular flexibility index (Phi) is 3.23. The highest BCUT2D eigenvalue weighted by Gasteiger charge is 2.23. The third-order valence-corrected chi connectivity index (χ3v) is 4.20. The number of thioether (sulfide) groups is 1. The maximum atomic E-state index is 13.1. The van der Waals surface area contributed by atoms with Crippen molar-refractivity contribution in [2.24, 2.45) is 0 Å². The fourth-order valence-electron chi connectivity index (χ4n) is 1.75. The van der Waals surface area contributed by atoms with Gasteiger partial charge < -0.3 is 0 Å². The Labute approximate surface area is 98.5 Å². The van der Waals surface area contributed by atoms with E-state index in [0.717, 1.165) is 22.5 Å². The summed E-state index contributed by atoms with van der Waals surface area (Å²) in [5, 5.41) is 0. The number of sulfonamides is 1. The predicted molar refractivity (Wildman–Crippen MR) is 62.5 cm³/mol. The first-order chi connectivity index (χ1) is 7.46. The van der Waals surface area contributed by atoms with Crippen LogP contribution in [0.15, 0.2) is 23.1 Å². The van der Waals surface area contributed by atoms with E-state index in [2.05, 4.69) is 4.72 Å². The van der Waals surface area contributed by atoms with Crippen molar-refractivity contribution in [3.05, 3.63) is 29.6 Å². The van der Waals surface area contributed by atoms with E-state index >= 15 is 0 Å². The molecule has 1 unspecified atom stereocenters. The van der Waals surface area contributed by atoms with Gasteiger partial charge in [0.1, 0.15) is 5.82 Å². The highest BCUT2D eigenvalue weighted by molar-refractivity contribution is 7.99. The van der Waals surface area contributed by atoms with Crippen molar-refractivity contribution in [2.45, 2.75) is 17.4 Å². The minimum Gasteiger partial charge on any atom is -0.213 e. The molecule has 1 N–H and O–H groups in total. The molecule has 0 spiro atoms. The fourth-order valence-corrected chi connectivity index (χ4v) is 3.61. The molecule has 1 aliphatic heterocycles. The Morgan fingerprint density at radius 3 is 2.94 bits per heavy atom. The van der Waals surface area contributed by atoms with Gasteiger partial charge in [0.2, 0.25) is 10.0 Å². The lowest BCUT2D eigenvalue weighted by Gasteiger charge is -2.25. The first-order valence-corrected chi connectivity index (χ1v) is 7.73. The Morgan fingerprint density at radius 2 is 2.25 bits per heavy atom. The molecule has 1 aliphatic rings. The third-order valence-electron chi connectivity index (χ3n) is 2.37. The van der Waals surface area contributed by atoms with Crippen molar-refractivity contribution in [1.82, 2.24) is 4.72 Å². The zero-order valence-corrected chi connectivity index (χ0v) is 10.4. The Balaban J connectivity index is 2.35. The molecule has 2 rings (SSSR count). The molecule has 0 aromatic heterocycles. The van der Waals surface area contributed by atoms with Crippen LogP contribution < -0.4 is 4.72 Å². The van der Waals surface area contributed by atoms with Gasteiger partial charge in [-0.25, -0.2) is 17.5 Å². The van der Waals surface area contributed by atoms with Gasteiger partial charge in [-0.15, -0.1) is 11.8 Å². The molecule has 0 aliphatic carbocycles. The lowest BCUT2D eigenvalue weighted by Crippen LogP contribution is -2.29. The number of halogens is 1. The standard InChI is InChI=1S/C10H12FNO2S2/c1-16(13,14)12-9-4-5-15-10-3-2-7(11)6-8(9)10/h2-3,6,9,12H,4-5H2,1H3. The summed E-state index contributed by atoms with van der Waals surface area (Å²) in [5.41, 5.74) is 0.738. The highest BCUT2D eigenvalue weighted by Crippen LogP contribution is 2.36. The molecule has 0 bridgehead atoms. The zero-order valence-electron chi connectivity index (χ0n) is 8.73. The van der Waals surface area contributed by atoms with Crippen molar-refractivity contribution in [1.29, 1.82) is 0 Å². The van der Waals surface area contributed by atoms with Gasteiger partial charge in [-0.05, 0) is 35.9 Å². The quantitative estimate of drug-likeness (QED) is 0.884. The van der Waals surface area contributed by atoms with Crippen molar-refractivity contribution >= 4 is 21.8 Å². The van der Waals surface area contributed by atoms with E-state index < -0.39 is 10.0 Å². The molecule has 0 radical (unpaired) electrons. The lowest BCUT2D eigenvalue weighted by atomic mass is 10.0. The van der Waals surface area contributed by atoms with Gasteiger partial charge in [0.05, 0.1) is 6.26 Å². The van der Waals surface area contributed by atoms with Crippen molar-refractivity contribution < 1.29 is 12.8 Å². The average molecular weight is 261 g/mol. The summed E-state index contributed by atoms with van der Waals surface area (Å²) in [4.78, 5) is 0.953. The van der Waals surface area contributed by atoms with Crippen LogP contribution in [0.5, 0.6) is 0 Å². The number of nitrogens with one attached hydrogen (secondary N) is 1. The molecular weight excluding hydrogens is 249 g/mol. The smallest absolute Gasteiger partial charge is 0.209 e. The molecule has 88 valence electrons. The van der Waals surface area contributed by atoms with Crippen molar-refractivity contribution in [3.8, 4) is 0 Å². The molecule has 1 aromatic carbocycles. The van der Waals surface area contributed by atoms with Crippen LogP contribution in [0, 0.1) is 5.82 Å². The number of fused-ring (bicyclic) bond motifs is 1. The Hall–Kier alpha value is -0.590. The monoisotopic (exact) mass is 261 g/mol. The second-order valence-corrected chi connectivity index (χ2v) is 6.68. The zero-order chi connectivity index (χ0) is 11.8. The largest absolute Gasteiger partial charge is 0.213 e. The van der Waals surface area contributed by atoms with Crippen LogP contribution in [0.4, 0.5) is 4.39 Å². The van der Waals surface area contributed by atoms with Crippen LogP contribution >= 0.6 is 11.8 Å². The molecule has 0 amide bonds. The number of hydrogen-bond donors (Lipinski definition) is 1. The average Bonchev–Trinajstić information content (AvgIpc) is 2.17. The maximum absolute atomic E-state index is 13.1. The molecule has 3 nitrogen and oxygen atoms in total. The molecule has 1 aromatic rings. The second-order valence-electron chi connectivity index (χ2n) is 3.76. The summed E-state index contributed by atoms with van der Waals surface area (Å²) in [6.45, 7) is 0. The van der Waals surface area contributed by atoms with Gasteiger partial charge in [0.15, 0.2) is 0 Å². The summed E-state index contributed by atoms with van der Waals surface area (Å²) >= 11 is 1.63. The van der Waals surface area contributed by atoms with Gasteiger partial charge in [-0.2, -0.15) is 0 Å². The van der Waals surface area contributed by atoms with E-state index in [1.807, 2.05) is 0 Å². The molecule has 0 saturated heterocycles. The van der Waals surface area contributed by atoms with Gasteiger partial charge >= 0.3 is 0 Å². The molecule has 6 heteroatoms. The summed E-state index contributed by atoms with van der Waals surface area (Å²) in [6, 6.07) is 4.20. The number of benzene rings is 1.